The Morgan fingerprint density at radius 3 is 2.65 bits per heavy atom. The van der Waals surface area contributed by atoms with Crippen molar-refractivity contribution in [3.63, 3.8) is 0 Å². The molecular weight excluding hydrogens is 320 g/mol. The molecule has 1 atom stereocenters. The Bertz CT molecular complexity index is 620. The highest BCUT2D eigenvalue weighted by atomic mass is 35.5. The summed E-state index contributed by atoms with van der Waals surface area (Å²) in [7, 11) is 0. The molecule has 1 heterocycles. The summed E-state index contributed by atoms with van der Waals surface area (Å²) < 4.78 is 10.4. The zero-order valence-electron chi connectivity index (χ0n) is 13.0. The molecule has 1 unspecified atom stereocenters. The minimum atomic E-state index is -1.21. The van der Waals surface area contributed by atoms with Gasteiger partial charge >= 0.3 is 11.9 Å². The summed E-state index contributed by atoms with van der Waals surface area (Å²) in [5, 5.41) is 10.2. The number of halogens is 1. The van der Waals surface area contributed by atoms with E-state index in [9.17, 15) is 14.7 Å². The lowest BCUT2D eigenvalue weighted by molar-refractivity contribution is -0.168. The summed E-state index contributed by atoms with van der Waals surface area (Å²) in [6, 6.07) is 7.00. The van der Waals surface area contributed by atoms with Crippen molar-refractivity contribution in [1.29, 1.82) is 0 Å². The number of carbonyl (C=O) groups excluding carboxylic acids is 2. The number of benzene rings is 1. The van der Waals surface area contributed by atoms with Crippen LogP contribution in [0.15, 0.2) is 29.8 Å². The second-order valence-electron chi connectivity index (χ2n) is 5.89. The number of ether oxygens (including phenoxy) is 2. The summed E-state index contributed by atoms with van der Waals surface area (Å²) in [4.78, 5) is 23.6. The number of esters is 2. The SMILES string of the molecule is CC(C)C(=O)OCC1(CO)C/C(=C/c2ccc(Cl)cc2)C(=O)O1. The molecule has 0 aliphatic carbocycles. The van der Waals surface area contributed by atoms with Crippen molar-refractivity contribution in [1.82, 2.24) is 0 Å². The predicted octanol–water partition coefficient (Wildman–Crippen LogP) is 2.60. The molecule has 1 aliphatic heterocycles. The highest BCUT2D eigenvalue weighted by molar-refractivity contribution is 6.30. The van der Waals surface area contributed by atoms with E-state index in [-0.39, 0.29) is 18.9 Å². The number of aliphatic hydroxyl groups excluding tert-OH is 1. The molecule has 1 aliphatic rings. The van der Waals surface area contributed by atoms with E-state index in [4.69, 9.17) is 21.1 Å². The van der Waals surface area contributed by atoms with E-state index in [1.54, 1.807) is 44.2 Å². The molecule has 0 spiro atoms. The quantitative estimate of drug-likeness (QED) is 0.660. The molecule has 2 rings (SSSR count). The van der Waals surface area contributed by atoms with E-state index >= 15 is 0 Å². The first kappa shape index (κ1) is 17.5. The van der Waals surface area contributed by atoms with E-state index in [1.165, 1.54) is 0 Å². The molecule has 0 aromatic heterocycles. The third kappa shape index (κ3) is 4.33. The molecule has 1 aromatic rings. The highest BCUT2D eigenvalue weighted by Gasteiger charge is 2.44. The second kappa shape index (κ2) is 7.15. The van der Waals surface area contributed by atoms with Gasteiger partial charge in [-0.05, 0) is 23.8 Å². The number of cyclic esters (lactones) is 1. The Morgan fingerprint density at radius 1 is 1.43 bits per heavy atom. The molecule has 0 amide bonds. The summed E-state index contributed by atoms with van der Waals surface area (Å²) >= 11 is 5.83. The molecule has 1 aromatic carbocycles. The van der Waals surface area contributed by atoms with Crippen molar-refractivity contribution in [3.05, 3.63) is 40.4 Å². The molecule has 0 saturated carbocycles. The van der Waals surface area contributed by atoms with Crippen LogP contribution in [0.4, 0.5) is 0 Å². The van der Waals surface area contributed by atoms with Crippen LogP contribution in [-0.4, -0.2) is 35.9 Å². The first-order chi connectivity index (χ1) is 10.8. The lowest BCUT2D eigenvalue weighted by Gasteiger charge is -2.24. The molecule has 6 heteroatoms. The molecular formula is C17H19ClO5. The van der Waals surface area contributed by atoms with E-state index in [2.05, 4.69) is 0 Å². The number of rotatable bonds is 5. The van der Waals surface area contributed by atoms with Crippen molar-refractivity contribution >= 4 is 29.6 Å². The third-order valence-corrected chi connectivity index (χ3v) is 3.78. The molecule has 23 heavy (non-hydrogen) atoms. The van der Waals surface area contributed by atoms with E-state index in [1.807, 2.05) is 0 Å². The largest absolute Gasteiger partial charge is 0.461 e. The maximum atomic E-state index is 12.0. The zero-order chi connectivity index (χ0) is 17.0. The summed E-state index contributed by atoms with van der Waals surface area (Å²) in [6.45, 7) is 2.84. The Hall–Kier alpha value is -1.85. The first-order valence-corrected chi connectivity index (χ1v) is 7.70. The van der Waals surface area contributed by atoms with Crippen LogP contribution in [0.2, 0.25) is 5.02 Å². The Kier molecular flexibility index (Phi) is 5.44. The van der Waals surface area contributed by atoms with Crippen LogP contribution in [0.3, 0.4) is 0 Å². The van der Waals surface area contributed by atoms with Gasteiger partial charge in [-0.2, -0.15) is 0 Å². The van der Waals surface area contributed by atoms with Crippen LogP contribution < -0.4 is 0 Å². The zero-order valence-corrected chi connectivity index (χ0v) is 13.8. The second-order valence-corrected chi connectivity index (χ2v) is 6.33. The minimum absolute atomic E-state index is 0.162. The van der Waals surface area contributed by atoms with E-state index in [0.29, 0.717) is 10.6 Å². The molecule has 1 N–H and O–H groups in total. The molecule has 1 fully saturated rings. The van der Waals surface area contributed by atoms with Crippen LogP contribution in [0.25, 0.3) is 6.08 Å². The highest BCUT2D eigenvalue weighted by Crippen LogP contribution is 2.32. The molecule has 1 saturated heterocycles. The number of aliphatic hydroxyl groups is 1. The van der Waals surface area contributed by atoms with E-state index < -0.39 is 24.1 Å². The summed E-state index contributed by atoms with van der Waals surface area (Å²) in [5.41, 5.74) is 0.0103. The van der Waals surface area contributed by atoms with Crippen LogP contribution in [-0.2, 0) is 19.1 Å². The van der Waals surface area contributed by atoms with Crippen molar-refractivity contribution in [2.24, 2.45) is 5.92 Å². The molecule has 5 nitrogen and oxygen atoms in total. The first-order valence-electron chi connectivity index (χ1n) is 7.32. The van der Waals surface area contributed by atoms with Crippen molar-refractivity contribution < 1.29 is 24.2 Å². The lowest BCUT2D eigenvalue weighted by Crippen LogP contribution is -2.39. The topological polar surface area (TPSA) is 72.8 Å². The standard InChI is InChI=1S/C17H19ClO5/c1-11(2)15(20)22-10-17(9-19)8-13(16(21)23-17)7-12-3-5-14(18)6-4-12/h3-7,11,19H,8-10H2,1-2H3/b13-7-. The normalized spacial score (nSPS) is 22.5. The van der Waals surface area contributed by atoms with Gasteiger partial charge in [-0.1, -0.05) is 37.6 Å². The van der Waals surface area contributed by atoms with Gasteiger partial charge in [0, 0.05) is 17.0 Å². The summed E-state index contributed by atoms with van der Waals surface area (Å²) in [5.74, 6) is -1.20. The predicted molar refractivity (Wildman–Crippen MR) is 85.8 cm³/mol. The van der Waals surface area contributed by atoms with Gasteiger partial charge in [0.25, 0.3) is 0 Å². The van der Waals surface area contributed by atoms with Crippen LogP contribution >= 0.6 is 11.6 Å². The monoisotopic (exact) mass is 338 g/mol. The van der Waals surface area contributed by atoms with E-state index in [0.717, 1.165) is 5.56 Å². The number of carbonyl (C=O) groups is 2. The van der Waals surface area contributed by atoms with Crippen molar-refractivity contribution in [2.45, 2.75) is 25.9 Å². The maximum absolute atomic E-state index is 12.0. The fourth-order valence-electron chi connectivity index (χ4n) is 2.17. The fraction of sp³-hybridized carbons (Fsp3) is 0.412. The van der Waals surface area contributed by atoms with Crippen LogP contribution in [0, 0.1) is 5.92 Å². The fourth-order valence-corrected chi connectivity index (χ4v) is 2.30. The summed E-state index contributed by atoms with van der Waals surface area (Å²) in [6.07, 6.45) is 1.86. The van der Waals surface area contributed by atoms with Gasteiger partial charge in [-0.3, -0.25) is 4.79 Å². The minimum Gasteiger partial charge on any atom is -0.461 e. The van der Waals surface area contributed by atoms with Gasteiger partial charge in [0.1, 0.15) is 6.61 Å². The average molecular weight is 339 g/mol. The lowest BCUT2D eigenvalue weighted by atomic mass is 9.98. The van der Waals surface area contributed by atoms with Crippen molar-refractivity contribution in [2.75, 3.05) is 13.2 Å². The Balaban J connectivity index is 2.12. The van der Waals surface area contributed by atoms with Gasteiger partial charge in [0.15, 0.2) is 5.60 Å². The third-order valence-electron chi connectivity index (χ3n) is 3.53. The maximum Gasteiger partial charge on any atom is 0.334 e. The molecule has 0 radical (unpaired) electrons. The van der Waals surface area contributed by atoms with Crippen LogP contribution in [0.5, 0.6) is 0 Å². The number of hydrogen-bond acceptors (Lipinski definition) is 5. The van der Waals surface area contributed by atoms with Gasteiger partial charge in [0.05, 0.1) is 12.5 Å². The van der Waals surface area contributed by atoms with Gasteiger partial charge in [0.2, 0.25) is 0 Å². The smallest absolute Gasteiger partial charge is 0.334 e. The van der Waals surface area contributed by atoms with Gasteiger partial charge in [-0.25, -0.2) is 4.79 Å². The van der Waals surface area contributed by atoms with Crippen LogP contribution in [0.1, 0.15) is 25.8 Å². The van der Waals surface area contributed by atoms with Gasteiger partial charge in [-0.15, -0.1) is 0 Å². The molecule has 0 bridgehead atoms. The Labute approximate surface area is 139 Å². The Morgan fingerprint density at radius 2 is 2.09 bits per heavy atom. The average Bonchev–Trinajstić information content (AvgIpc) is 2.84. The number of hydrogen-bond donors (Lipinski definition) is 1. The van der Waals surface area contributed by atoms with Gasteiger partial charge < -0.3 is 14.6 Å². The molecule has 124 valence electrons. The van der Waals surface area contributed by atoms with Crippen molar-refractivity contribution in [3.8, 4) is 0 Å².